The van der Waals surface area contributed by atoms with Crippen LogP contribution in [0.5, 0.6) is 5.75 Å². The van der Waals surface area contributed by atoms with E-state index in [0.717, 1.165) is 31.5 Å². The van der Waals surface area contributed by atoms with Crippen molar-refractivity contribution < 1.29 is 13.2 Å². The number of halogens is 1. The molecule has 0 aliphatic carbocycles. The molecule has 2 N–H and O–H groups in total. The highest BCUT2D eigenvalue weighted by Gasteiger charge is 2.20. The summed E-state index contributed by atoms with van der Waals surface area (Å²) in [4.78, 5) is 0.213. The van der Waals surface area contributed by atoms with Crippen LogP contribution in [0.3, 0.4) is 0 Å². The average molecular weight is 335 g/mol. The second kappa shape index (κ2) is 7.98. The summed E-state index contributed by atoms with van der Waals surface area (Å²) in [5.74, 6) is 0.947. The smallest absolute Gasteiger partial charge is 0.244 e. The second-order valence-corrected chi connectivity index (χ2v) is 6.93. The minimum Gasteiger partial charge on any atom is -0.495 e. The number of ether oxygens (including phenoxy) is 1. The molecule has 0 amide bonds. The molecule has 1 heterocycles. The summed E-state index contributed by atoms with van der Waals surface area (Å²) >= 11 is 0. The molecule has 1 atom stereocenters. The molecule has 5 nitrogen and oxygen atoms in total. The Labute approximate surface area is 132 Å². The standard InChI is InChI=1S/C14H22N2O3S.ClH/c1-11-3-4-13(19-2)14(9-11)20(17,18)16-8-6-12-5-7-15-10-12;/h3-4,9,12,15-16H,5-8,10H2,1-2H3;1H. The largest absolute Gasteiger partial charge is 0.495 e. The van der Waals surface area contributed by atoms with Crippen LogP contribution < -0.4 is 14.8 Å². The van der Waals surface area contributed by atoms with Crippen LogP contribution in [0.2, 0.25) is 0 Å². The fourth-order valence-corrected chi connectivity index (χ4v) is 3.73. The van der Waals surface area contributed by atoms with Gasteiger partial charge in [-0.2, -0.15) is 0 Å². The fourth-order valence-electron chi connectivity index (χ4n) is 2.43. The zero-order chi connectivity index (χ0) is 14.6. The van der Waals surface area contributed by atoms with Gasteiger partial charge in [-0.3, -0.25) is 0 Å². The number of methoxy groups -OCH3 is 1. The molecule has 1 saturated heterocycles. The van der Waals surface area contributed by atoms with Gasteiger partial charge >= 0.3 is 0 Å². The Balaban J connectivity index is 0.00000220. The van der Waals surface area contributed by atoms with E-state index < -0.39 is 10.0 Å². The van der Waals surface area contributed by atoms with E-state index >= 15 is 0 Å². The van der Waals surface area contributed by atoms with Gasteiger partial charge in [-0.05, 0) is 56.5 Å². The highest BCUT2D eigenvalue weighted by Crippen LogP contribution is 2.24. The van der Waals surface area contributed by atoms with Crippen molar-refractivity contribution in [3.8, 4) is 5.75 Å². The third-order valence-electron chi connectivity index (χ3n) is 3.62. The van der Waals surface area contributed by atoms with Gasteiger partial charge in [0.05, 0.1) is 7.11 Å². The SMILES string of the molecule is COc1ccc(C)cc1S(=O)(=O)NCCC1CCNC1.Cl. The lowest BCUT2D eigenvalue weighted by Gasteiger charge is -2.13. The van der Waals surface area contributed by atoms with Gasteiger partial charge in [-0.15, -0.1) is 12.4 Å². The van der Waals surface area contributed by atoms with Gasteiger partial charge < -0.3 is 10.1 Å². The Morgan fingerprint density at radius 3 is 2.81 bits per heavy atom. The fraction of sp³-hybridized carbons (Fsp3) is 0.571. The van der Waals surface area contributed by atoms with Crippen LogP contribution in [0.25, 0.3) is 0 Å². The first-order valence-electron chi connectivity index (χ1n) is 6.88. The number of hydrogen-bond donors (Lipinski definition) is 2. The molecule has 1 unspecified atom stereocenters. The van der Waals surface area contributed by atoms with E-state index in [-0.39, 0.29) is 17.3 Å². The molecule has 1 fully saturated rings. The summed E-state index contributed by atoms with van der Waals surface area (Å²) in [6.45, 7) is 4.34. The predicted octanol–water partition coefficient (Wildman–Crippen LogP) is 1.70. The van der Waals surface area contributed by atoms with Crippen LogP contribution in [-0.4, -0.2) is 35.2 Å². The Hall–Kier alpha value is -0.820. The van der Waals surface area contributed by atoms with Gasteiger partial charge in [0, 0.05) is 6.54 Å². The molecule has 1 aliphatic rings. The molecule has 2 rings (SSSR count). The summed E-state index contributed by atoms with van der Waals surface area (Å²) in [6, 6.07) is 5.16. The molecule has 0 bridgehead atoms. The number of benzene rings is 1. The van der Waals surface area contributed by atoms with Crippen molar-refractivity contribution in [1.82, 2.24) is 10.0 Å². The van der Waals surface area contributed by atoms with Crippen molar-refractivity contribution in [1.29, 1.82) is 0 Å². The monoisotopic (exact) mass is 334 g/mol. The van der Waals surface area contributed by atoms with Crippen LogP contribution in [-0.2, 0) is 10.0 Å². The zero-order valence-corrected chi connectivity index (χ0v) is 14.0. The molecular weight excluding hydrogens is 312 g/mol. The minimum atomic E-state index is -3.51. The molecule has 120 valence electrons. The Morgan fingerprint density at radius 1 is 1.43 bits per heavy atom. The van der Waals surface area contributed by atoms with Crippen molar-refractivity contribution in [2.24, 2.45) is 5.92 Å². The number of rotatable bonds is 6. The number of hydrogen-bond acceptors (Lipinski definition) is 4. The maximum atomic E-state index is 12.3. The van der Waals surface area contributed by atoms with E-state index in [2.05, 4.69) is 10.0 Å². The minimum absolute atomic E-state index is 0. The Kier molecular flexibility index (Phi) is 6.93. The van der Waals surface area contributed by atoms with Crippen LogP contribution in [0.1, 0.15) is 18.4 Å². The summed E-state index contributed by atoms with van der Waals surface area (Å²) in [6.07, 6.45) is 1.98. The van der Waals surface area contributed by atoms with Crippen molar-refractivity contribution in [2.45, 2.75) is 24.7 Å². The molecule has 0 aromatic heterocycles. The number of nitrogens with one attached hydrogen (secondary N) is 2. The summed E-state index contributed by atoms with van der Waals surface area (Å²) in [5, 5.41) is 3.28. The molecule has 0 spiro atoms. The quantitative estimate of drug-likeness (QED) is 0.831. The number of sulfonamides is 1. The summed E-state index contributed by atoms with van der Waals surface area (Å²) in [7, 11) is -2.03. The van der Waals surface area contributed by atoms with Gasteiger partial charge in [0.15, 0.2) is 0 Å². The van der Waals surface area contributed by atoms with E-state index in [0.29, 0.717) is 18.2 Å². The molecule has 0 saturated carbocycles. The molecule has 0 radical (unpaired) electrons. The van der Waals surface area contributed by atoms with Crippen molar-refractivity contribution in [2.75, 3.05) is 26.7 Å². The van der Waals surface area contributed by atoms with Gasteiger partial charge in [-0.1, -0.05) is 6.07 Å². The lowest BCUT2D eigenvalue weighted by atomic mass is 10.1. The molecule has 1 aromatic rings. The van der Waals surface area contributed by atoms with Gasteiger partial charge in [-0.25, -0.2) is 13.1 Å². The molecule has 21 heavy (non-hydrogen) atoms. The summed E-state index contributed by atoms with van der Waals surface area (Å²) in [5.41, 5.74) is 0.895. The van der Waals surface area contributed by atoms with Gasteiger partial charge in [0.1, 0.15) is 10.6 Å². The van der Waals surface area contributed by atoms with Gasteiger partial charge in [0.25, 0.3) is 0 Å². The molecular formula is C14H23ClN2O3S. The first kappa shape index (κ1) is 18.2. The molecule has 1 aliphatic heterocycles. The third kappa shape index (κ3) is 4.85. The normalized spacial score (nSPS) is 18.3. The van der Waals surface area contributed by atoms with E-state index in [1.54, 1.807) is 12.1 Å². The maximum absolute atomic E-state index is 12.3. The first-order valence-corrected chi connectivity index (χ1v) is 8.36. The lowest BCUT2D eigenvalue weighted by molar-refractivity contribution is 0.402. The van der Waals surface area contributed by atoms with Crippen molar-refractivity contribution >= 4 is 22.4 Å². The van der Waals surface area contributed by atoms with Crippen LogP contribution in [0, 0.1) is 12.8 Å². The highest BCUT2D eigenvalue weighted by molar-refractivity contribution is 7.89. The van der Waals surface area contributed by atoms with E-state index in [9.17, 15) is 8.42 Å². The highest BCUT2D eigenvalue weighted by atomic mass is 35.5. The van der Waals surface area contributed by atoms with Crippen molar-refractivity contribution in [3.05, 3.63) is 23.8 Å². The van der Waals surface area contributed by atoms with E-state index in [1.165, 1.54) is 7.11 Å². The van der Waals surface area contributed by atoms with Crippen LogP contribution in [0.15, 0.2) is 23.1 Å². The predicted molar refractivity (Wildman–Crippen MR) is 85.8 cm³/mol. The van der Waals surface area contributed by atoms with Gasteiger partial charge in [0.2, 0.25) is 10.0 Å². The lowest BCUT2D eigenvalue weighted by Crippen LogP contribution is -2.27. The Bertz CT molecular complexity index is 557. The first-order chi connectivity index (χ1) is 9.53. The molecule has 1 aromatic carbocycles. The summed E-state index contributed by atoms with van der Waals surface area (Å²) < 4.78 is 32.5. The van der Waals surface area contributed by atoms with Crippen LogP contribution in [0.4, 0.5) is 0 Å². The maximum Gasteiger partial charge on any atom is 0.244 e. The third-order valence-corrected chi connectivity index (χ3v) is 5.10. The van der Waals surface area contributed by atoms with Crippen LogP contribution >= 0.6 is 12.4 Å². The average Bonchev–Trinajstić information content (AvgIpc) is 2.91. The Morgan fingerprint density at radius 2 is 2.19 bits per heavy atom. The topological polar surface area (TPSA) is 67.4 Å². The second-order valence-electron chi connectivity index (χ2n) is 5.20. The van der Waals surface area contributed by atoms with E-state index in [1.807, 2.05) is 13.0 Å². The van der Waals surface area contributed by atoms with Crippen molar-refractivity contribution in [3.63, 3.8) is 0 Å². The zero-order valence-electron chi connectivity index (χ0n) is 12.4. The molecule has 7 heteroatoms. The number of aryl methyl sites for hydroxylation is 1. The van der Waals surface area contributed by atoms with E-state index in [4.69, 9.17) is 4.74 Å².